The van der Waals surface area contributed by atoms with Crippen molar-refractivity contribution in [1.29, 1.82) is 0 Å². The minimum absolute atomic E-state index is 0.400. The fourth-order valence-electron chi connectivity index (χ4n) is 1.90. The van der Waals surface area contributed by atoms with Gasteiger partial charge >= 0.3 is 0 Å². The summed E-state index contributed by atoms with van der Waals surface area (Å²) < 4.78 is 39.4. The van der Waals surface area contributed by atoms with Crippen molar-refractivity contribution in [3.05, 3.63) is 59.4 Å². The van der Waals surface area contributed by atoms with Gasteiger partial charge < -0.3 is 10.6 Å². The van der Waals surface area contributed by atoms with Crippen LogP contribution in [-0.4, -0.2) is 24.6 Å². The quantitative estimate of drug-likeness (QED) is 0.640. The Bertz CT molecular complexity index is 784. The van der Waals surface area contributed by atoms with E-state index >= 15 is 0 Å². The van der Waals surface area contributed by atoms with Crippen LogP contribution in [0, 0.1) is 17.5 Å². The summed E-state index contributed by atoms with van der Waals surface area (Å²) in [5, 5.41) is 4.46. The van der Waals surface area contributed by atoms with Crippen LogP contribution in [0.15, 0.2) is 41.3 Å². The molecule has 0 aliphatic heterocycles. The monoisotopic (exact) mass is 354 g/mol. The number of halogens is 3. The van der Waals surface area contributed by atoms with Crippen molar-refractivity contribution in [1.82, 2.24) is 5.32 Å². The molecule has 0 spiro atoms. The first kappa shape index (κ1) is 17.9. The average Bonchev–Trinajstić information content (AvgIpc) is 2.60. The lowest BCUT2D eigenvalue weighted by Crippen LogP contribution is -2.33. The summed E-state index contributed by atoms with van der Waals surface area (Å²) in [5.41, 5.74) is -0.102. The lowest BCUT2D eigenvalue weighted by atomic mass is 10.2. The number of carbonyl (C=O) groups is 2. The van der Waals surface area contributed by atoms with Crippen molar-refractivity contribution < 1.29 is 22.8 Å². The van der Waals surface area contributed by atoms with Gasteiger partial charge in [-0.2, -0.15) is 0 Å². The van der Waals surface area contributed by atoms with Gasteiger partial charge in [0.1, 0.15) is 0 Å². The lowest BCUT2D eigenvalue weighted by Gasteiger charge is -2.10. The van der Waals surface area contributed by atoms with Crippen LogP contribution >= 0.6 is 11.8 Å². The molecule has 2 aromatic rings. The van der Waals surface area contributed by atoms with Crippen molar-refractivity contribution in [2.45, 2.75) is 4.90 Å². The van der Waals surface area contributed by atoms with E-state index < -0.39 is 41.5 Å². The van der Waals surface area contributed by atoms with Gasteiger partial charge in [-0.05, 0) is 30.5 Å². The third-order valence-corrected chi connectivity index (χ3v) is 3.87. The van der Waals surface area contributed by atoms with E-state index in [0.717, 1.165) is 11.0 Å². The van der Waals surface area contributed by atoms with Crippen molar-refractivity contribution in [2.24, 2.45) is 0 Å². The minimum atomic E-state index is -1.68. The Balaban J connectivity index is 1.99. The van der Waals surface area contributed by atoms with E-state index in [1.165, 1.54) is 11.8 Å². The molecule has 0 saturated heterocycles. The Morgan fingerprint density at radius 3 is 2.46 bits per heavy atom. The smallest absolute Gasteiger partial charge is 0.252 e. The molecule has 2 N–H and O–H groups in total. The summed E-state index contributed by atoms with van der Waals surface area (Å²) in [6, 6.07) is 8.43. The standard InChI is InChI=1S/C16H13F3N2O2S/c1-24-12-5-3-2-4-9(12)16(23)20-8-13(22)21-11-7-6-10(17)14(18)15(11)19/h2-7H,8H2,1H3,(H,20,23)(H,21,22). The van der Waals surface area contributed by atoms with E-state index in [0.29, 0.717) is 11.6 Å². The molecule has 0 unspecified atom stereocenters. The first-order chi connectivity index (χ1) is 11.4. The van der Waals surface area contributed by atoms with Gasteiger partial charge in [0.2, 0.25) is 5.91 Å². The van der Waals surface area contributed by atoms with Crippen LogP contribution in [-0.2, 0) is 4.79 Å². The molecule has 0 fully saturated rings. The molecule has 126 valence electrons. The minimum Gasteiger partial charge on any atom is -0.343 e. The first-order valence-electron chi connectivity index (χ1n) is 6.78. The molecule has 2 amide bonds. The summed E-state index contributed by atoms with van der Waals surface area (Å²) in [4.78, 5) is 24.5. The van der Waals surface area contributed by atoms with Crippen LogP contribution in [0.4, 0.5) is 18.9 Å². The Morgan fingerprint density at radius 2 is 1.75 bits per heavy atom. The van der Waals surface area contributed by atoms with Gasteiger partial charge in [-0.15, -0.1) is 11.8 Å². The van der Waals surface area contributed by atoms with Gasteiger partial charge in [-0.25, -0.2) is 13.2 Å². The highest BCUT2D eigenvalue weighted by Gasteiger charge is 2.16. The second-order valence-electron chi connectivity index (χ2n) is 4.65. The number of thioether (sulfide) groups is 1. The van der Waals surface area contributed by atoms with Crippen LogP contribution in [0.5, 0.6) is 0 Å². The SMILES string of the molecule is CSc1ccccc1C(=O)NCC(=O)Nc1ccc(F)c(F)c1F. The molecule has 0 aliphatic carbocycles. The van der Waals surface area contributed by atoms with Crippen LogP contribution in [0.2, 0.25) is 0 Å². The number of amides is 2. The van der Waals surface area contributed by atoms with Crippen molar-refractivity contribution in [3.8, 4) is 0 Å². The summed E-state index contributed by atoms with van der Waals surface area (Å²) >= 11 is 1.38. The van der Waals surface area contributed by atoms with E-state index in [-0.39, 0.29) is 0 Å². The third-order valence-electron chi connectivity index (χ3n) is 3.07. The zero-order valence-corrected chi connectivity index (χ0v) is 13.3. The van der Waals surface area contributed by atoms with E-state index in [4.69, 9.17) is 0 Å². The maximum Gasteiger partial charge on any atom is 0.252 e. The fourth-order valence-corrected chi connectivity index (χ4v) is 2.50. The Morgan fingerprint density at radius 1 is 1.04 bits per heavy atom. The molecular weight excluding hydrogens is 341 g/mol. The molecule has 0 radical (unpaired) electrons. The normalized spacial score (nSPS) is 10.3. The second-order valence-corrected chi connectivity index (χ2v) is 5.50. The van der Waals surface area contributed by atoms with E-state index in [1.54, 1.807) is 24.3 Å². The molecule has 4 nitrogen and oxygen atoms in total. The molecule has 0 aliphatic rings. The Kier molecular flexibility index (Phi) is 5.86. The number of nitrogens with one attached hydrogen (secondary N) is 2. The second kappa shape index (κ2) is 7.87. The maximum atomic E-state index is 13.5. The molecule has 0 atom stereocenters. The van der Waals surface area contributed by atoms with E-state index in [1.807, 2.05) is 6.26 Å². The molecule has 0 saturated carbocycles. The highest BCUT2D eigenvalue weighted by atomic mass is 32.2. The molecule has 24 heavy (non-hydrogen) atoms. The predicted octanol–water partition coefficient (Wildman–Crippen LogP) is 3.19. The van der Waals surface area contributed by atoms with E-state index in [9.17, 15) is 22.8 Å². The van der Waals surface area contributed by atoms with Gasteiger partial charge in [-0.1, -0.05) is 12.1 Å². The number of rotatable bonds is 5. The molecule has 8 heteroatoms. The summed E-state index contributed by atoms with van der Waals surface area (Å²) in [6.45, 7) is -0.444. The van der Waals surface area contributed by atoms with Crippen molar-refractivity contribution in [2.75, 3.05) is 18.1 Å². The summed E-state index contributed by atoms with van der Waals surface area (Å²) in [6.07, 6.45) is 1.81. The van der Waals surface area contributed by atoms with Gasteiger partial charge in [0.15, 0.2) is 17.5 Å². The topological polar surface area (TPSA) is 58.2 Å². The largest absolute Gasteiger partial charge is 0.343 e. The number of hydrogen-bond donors (Lipinski definition) is 2. The molecule has 0 heterocycles. The molecule has 2 rings (SSSR count). The molecule has 2 aromatic carbocycles. The lowest BCUT2D eigenvalue weighted by molar-refractivity contribution is -0.115. The Labute approximate surface area is 140 Å². The third kappa shape index (κ3) is 4.08. The fraction of sp³-hybridized carbons (Fsp3) is 0.125. The van der Waals surface area contributed by atoms with Gasteiger partial charge in [0, 0.05) is 4.90 Å². The summed E-state index contributed by atoms with van der Waals surface area (Å²) in [7, 11) is 0. The van der Waals surface area contributed by atoms with Crippen LogP contribution in [0.25, 0.3) is 0 Å². The molecule has 0 aromatic heterocycles. The van der Waals surface area contributed by atoms with Gasteiger partial charge in [0.25, 0.3) is 5.91 Å². The average molecular weight is 354 g/mol. The van der Waals surface area contributed by atoms with E-state index in [2.05, 4.69) is 10.6 Å². The zero-order chi connectivity index (χ0) is 17.7. The van der Waals surface area contributed by atoms with Crippen molar-refractivity contribution in [3.63, 3.8) is 0 Å². The number of benzene rings is 2. The highest BCUT2D eigenvalue weighted by molar-refractivity contribution is 7.98. The summed E-state index contributed by atoms with van der Waals surface area (Å²) in [5.74, 6) is -5.77. The number of anilines is 1. The predicted molar refractivity (Wildman–Crippen MR) is 85.5 cm³/mol. The Hall–Kier alpha value is -2.48. The number of carbonyl (C=O) groups excluding carboxylic acids is 2. The van der Waals surface area contributed by atoms with Gasteiger partial charge in [0.05, 0.1) is 17.8 Å². The van der Waals surface area contributed by atoms with Crippen LogP contribution < -0.4 is 10.6 Å². The highest BCUT2D eigenvalue weighted by Crippen LogP contribution is 2.20. The van der Waals surface area contributed by atoms with Gasteiger partial charge in [-0.3, -0.25) is 9.59 Å². The first-order valence-corrected chi connectivity index (χ1v) is 8.01. The molecular formula is C16H13F3N2O2S. The molecule has 0 bridgehead atoms. The number of hydrogen-bond acceptors (Lipinski definition) is 3. The zero-order valence-electron chi connectivity index (χ0n) is 12.5. The van der Waals surface area contributed by atoms with Crippen LogP contribution in [0.1, 0.15) is 10.4 Å². The van der Waals surface area contributed by atoms with Crippen molar-refractivity contribution >= 4 is 29.3 Å². The van der Waals surface area contributed by atoms with Crippen LogP contribution in [0.3, 0.4) is 0 Å². The maximum absolute atomic E-state index is 13.5.